The average molecular weight is 124 g/mol. The van der Waals surface area contributed by atoms with E-state index in [0.29, 0.717) is 6.61 Å². The minimum absolute atomic E-state index is 0. The lowest BCUT2D eigenvalue weighted by molar-refractivity contribution is -0.372. The molecule has 0 aromatic carbocycles. The number of halogens is 1. The summed E-state index contributed by atoms with van der Waals surface area (Å²) in [7, 11) is 0. The van der Waals surface area contributed by atoms with Gasteiger partial charge < -0.3 is 22.9 Å². The molecule has 7 heavy (non-hydrogen) atoms. The minimum atomic E-state index is 0. The summed E-state index contributed by atoms with van der Waals surface area (Å²) in [6.45, 7) is 4.84. The molecule has 0 aromatic heterocycles. The Hall–Kier alpha value is -0.210. The van der Waals surface area contributed by atoms with Gasteiger partial charge in [-0.3, -0.25) is 0 Å². The van der Waals surface area contributed by atoms with Gasteiger partial charge in [-0.1, -0.05) is 6.58 Å². The van der Waals surface area contributed by atoms with Crippen molar-refractivity contribution in [3.63, 3.8) is 0 Å². The molecule has 0 heterocycles. The largest absolute Gasteiger partial charge is 1.00 e. The highest BCUT2D eigenvalue weighted by Gasteiger charge is 1.71. The second-order valence-corrected chi connectivity index (χ2v) is 0.891. The summed E-state index contributed by atoms with van der Waals surface area (Å²) >= 11 is 0. The minimum Gasteiger partial charge on any atom is -1.00 e. The fourth-order valence-corrected chi connectivity index (χ4v) is 0.167. The monoisotopic (exact) mass is 123 g/mol. The van der Waals surface area contributed by atoms with E-state index in [1.54, 1.807) is 0 Å². The fraction of sp³-hybridized carbons (Fsp3) is 0.500. The molecule has 0 saturated heterocycles. The highest BCUT2D eigenvalue weighted by Crippen LogP contribution is 1.64. The molecule has 0 aliphatic heterocycles. The molecule has 0 aliphatic carbocycles. The van der Waals surface area contributed by atoms with Crippen molar-refractivity contribution < 1.29 is 22.9 Å². The first-order valence-corrected chi connectivity index (χ1v) is 1.93. The van der Waals surface area contributed by atoms with E-state index in [4.69, 9.17) is 0 Å². The van der Waals surface area contributed by atoms with Crippen LogP contribution in [-0.2, 0) is 4.74 Å². The molecule has 0 unspecified atom stereocenters. The normalized spacial score (nSPS) is 6.43. The molecule has 0 radical (unpaired) electrons. The van der Waals surface area contributed by atoms with E-state index < -0.39 is 0 Å². The van der Waals surface area contributed by atoms with Crippen LogP contribution in [0.5, 0.6) is 0 Å². The lowest BCUT2D eigenvalue weighted by Crippen LogP contribution is -3.00. The maximum Gasteiger partial charge on any atom is 0.136 e. The van der Waals surface area contributed by atoms with E-state index in [0.717, 1.165) is 6.54 Å². The zero-order valence-electron chi connectivity index (χ0n) is 4.19. The first-order valence-electron chi connectivity index (χ1n) is 1.93. The zero-order chi connectivity index (χ0) is 4.83. The maximum absolute atomic E-state index is 4.68. The van der Waals surface area contributed by atoms with Crippen LogP contribution in [0.2, 0.25) is 0 Å². The van der Waals surface area contributed by atoms with Gasteiger partial charge in [-0.05, 0) is 0 Å². The third kappa shape index (κ3) is 10.7. The summed E-state index contributed by atoms with van der Waals surface area (Å²) in [4.78, 5) is 0. The molecular formula is C4H10ClNO. The topological polar surface area (TPSA) is 36.9 Å². The van der Waals surface area contributed by atoms with Gasteiger partial charge in [-0.25, -0.2) is 0 Å². The highest BCUT2D eigenvalue weighted by atomic mass is 35.5. The van der Waals surface area contributed by atoms with E-state index in [-0.39, 0.29) is 12.4 Å². The van der Waals surface area contributed by atoms with Gasteiger partial charge in [-0.2, -0.15) is 0 Å². The molecule has 0 spiro atoms. The van der Waals surface area contributed by atoms with Crippen LogP contribution < -0.4 is 18.1 Å². The molecule has 0 fully saturated rings. The van der Waals surface area contributed by atoms with Crippen molar-refractivity contribution in [3.05, 3.63) is 12.8 Å². The quantitative estimate of drug-likeness (QED) is 0.306. The van der Waals surface area contributed by atoms with Crippen molar-refractivity contribution in [2.45, 2.75) is 0 Å². The van der Waals surface area contributed by atoms with Gasteiger partial charge in [0, 0.05) is 0 Å². The number of hydrogen-bond acceptors (Lipinski definition) is 1. The Morgan fingerprint density at radius 2 is 2.29 bits per heavy atom. The lowest BCUT2D eigenvalue weighted by Gasteiger charge is -1.88. The molecule has 2 nitrogen and oxygen atoms in total. The van der Waals surface area contributed by atoms with E-state index in [1.807, 2.05) is 0 Å². The van der Waals surface area contributed by atoms with Crippen molar-refractivity contribution in [1.29, 1.82) is 0 Å². The maximum atomic E-state index is 4.68. The molecule has 0 bridgehead atoms. The Bertz CT molecular complexity index is 40.7. The molecule has 0 amide bonds. The average Bonchev–Trinajstić information content (AvgIpc) is 1.61. The van der Waals surface area contributed by atoms with Gasteiger partial charge in [-0.15, -0.1) is 0 Å². The number of hydrogen-bond donors (Lipinski definition) is 1. The molecular weight excluding hydrogens is 114 g/mol. The Morgan fingerprint density at radius 1 is 1.71 bits per heavy atom. The van der Waals surface area contributed by atoms with Crippen LogP contribution in [0, 0.1) is 0 Å². The van der Waals surface area contributed by atoms with Crippen LogP contribution in [0.3, 0.4) is 0 Å². The van der Waals surface area contributed by atoms with Gasteiger partial charge in [0.25, 0.3) is 0 Å². The van der Waals surface area contributed by atoms with Gasteiger partial charge in [0.2, 0.25) is 0 Å². The smallest absolute Gasteiger partial charge is 0.136 e. The molecule has 0 rings (SSSR count). The number of rotatable bonds is 3. The fourth-order valence-electron chi connectivity index (χ4n) is 0.167. The molecule has 0 atom stereocenters. The summed E-state index contributed by atoms with van der Waals surface area (Å²) in [6.07, 6.45) is 1.42. The zero-order valence-corrected chi connectivity index (χ0v) is 4.95. The van der Waals surface area contributed by atoms with Crippen LogP contribution in [-0.4, -0.2) is 13.2 Å². The number of quaternary nitrogens is 1. The molecule has 0 saturated carbocycles. The SMILES string of the molecule is C=COCC[NH3+].[Cl-]. The van der Waals surface area contributed by atoms with Crippen molar-refractivity contribution in [2.75, 3.05) is 13.2 Å². The highest BCUT2D eigenvalue weighted by molar-refractivity contribution is 4.46. The van der Waals surface area contributed by atoms with Crippen LogP contribution in [0.25, 0.3) is 0 Å². The molecule has 0 aliphatic rings. The second kappa shape index (κ2) is 9.25. The van der Waals surface area contributed by atoms with Gasteiger partial charge >= 0.3 is 0 Å². The lowest BCUT2D eigenvalue weighted by atomic mass is 10.7. The summed E-state index contributed by atoms with van der Waals surface area (Å²) in [5, 5.41) is 0. The predicted octanol–water partition coefficient (Wildman–Crippen LogP) is -3.61. The van der Waals surface area contributed by atoms with Crippen LogP contribution in [0.1, 0.15) is 0 Å². The van der Waals surface area contributed by atoms with E-state index in [9.17, 15) is 0 Å². The van der Waals surface area contributed by atoms with Crippen molar-refractivity contribution >= 4 is 0 Å². The Labute approximate surface area is 49.8 Å². The van der Waals surface area contributed by atoms with Crippen LogP contribution in [0.4, 0.5) is 0 Å². The third-order valence-corrected chi connectivity index (χ3v) is 0.380. The molecule has 3 N–H and O–H groups in total. The van der Waals surface area contributed by atoms with Crippen molar-refractivity contribution in [2.24, 2.45) is 0 Å². The third-order valence-electron chi connectivity index (χ3n) is 0.380. The first kappa shape index (κ1) is 9.92. The first-order chi connectivity index (χ1) is 2.91. The summed E-state index contributed by atoms with van der Waals surface area (Å²) in [5.41, 5.74) is 3.55. The Morgan fingerprint density at radius 3 is 2.43 bits per heavy atom. The Balaban J connectivity index is 0. The van der Waals surface area contributed by atoms with Crippen molar-refractivity contribution in [3.8, 4) is 0 Å². The van der Waals surface area contributed by atoms with Crippen LogP contribution in [0.15, 0.2) is 12.8 Å². The summed E-state index contributed by atoms with van der Waals surface area (Å²) in [6, 6.07) is 0. The molecule has 3 heteroatoms. The predicted molar refractivity (Wildman–Crippen MR) is 23.9 cm³/mol. The van der Waals surface area contributed by atoms with Gasteiger partial charge in [0.05, 0.1) is 6.26 Å². The van der Waals surface area contributed by atoms with E-state index in [2.05, 4.69) is 17.0 Å². The number of ether oxygens (including phenoxy) is 1. The molecule has 0 aromatic rings. The molecule has 44 valence electrons. The van der Waals surface area contributed by atoms with E-state index >= 15 is 0 Å². The van der Waals surface area contributed by atoms with Gasteiger partial charge in [0.15, 0.2) is 0 Å². The standard InChI is InChI=1S/C4H9NO.ClH/c1-2-6-4-3-5;/h2H,1,3-5H2;1H. The van der Waals surface area contributed by atoms with Gasteiger partial charge in [0.1, 0.15) is 13.2 Å². The summed E-state index contributed by atoms with van der Waals surface area (Å²) in [5.74, 6) is 0. The second-order valence-electron chi connectivity index (χ2n) is 0.891. The summed E-state index contributed by atoms with van der Waals surface area (Å²) < 4.78 is 4.68. The van der Waals surface area contributed by atoms with Crippen LogP contribution >= 0.6 is 0 Å². The van der Waals surface area contributed by atoms with Crippen molar-refractivity contribution in [1.82, 2.24) is 0 Å². The Kier molecular flexibility index (Phi) is 13.1. The van der Waals surface area contributed by atoms with E-state index in [1.165, 1.54) is 6.26 Å².